The molecule has 1 aliphatic rings. The minimum absolute atomic E-state index is 0.197. The highest BCUT2D eigenvalue weighted by Gasteiger charge is 2.31. The van der Waals surface area contributed by atoms with Crippen LogP contribution in [0.15, 0.2) is 12.1 Å². The zero-order valence-electron chi connectivity index (χ0n) is 17.8. The molecular weight excluding hydrogens is 398 g/mol. The number of nitrogens with zero attached hydrogens (tertiary/aromatic N) is 3. The third kappa shape index (κ3) is 5.31. The zero-order valence-corrected chi connectivity index (χ0v) is 18.6. The molecule has 0 unspecified atom stereocenters. The van der Waals surface area contributed by atoms with E-state index in [1.807, 2.05) is 20.8 Å². The van der Waals surface area contributed by atoms with Crippen LogP contribution in [0.5, 0.6) is 17.2 Å². The topological polar surface area (TPSA) is 88.6 Å². The number of carbonyl (C=O) groups is 1. The summed E-state index contributed by atoms with van der Waals surface area (Å²) in [5.74, 6) is 1.20. The molecule has 0 radical (unpaired) electrons. The van der Waals surface area contributed by atoms with Gasteiger partial charge in [-0.2, -0.15) is 17.0 Å². The van der Waals surface area contributed by atoms with Gasteiger partial charge in [0.05, 0.1) is 19.8 Å². The van der Waals surface area contributed by atoms with Crippen LogP contribution in [0.1, 0.15) is 31.1 Å². The quantitative estimate of drug-likeness (QED) is 0.590. The van der Waals surface area contributed by atoms with Gasteiger partial charge in [0, 0.05) is 45.8 Å². The van der Waals surface area contributed by atoms with E-state index in [0.29, 0.717) is 55.7 Å². The average Bonchev–Trinajstić information content (AvgIpc) is 2.70. The fourth-order valence-electron chi connectivity index (χ4n) is 3.05. The lowest BCUT2D eigenvalue weighted by molar-refractivity contribution is 0.0694. The summed E-state index contributed by atoms with van der Waals surface area (Å²) >= 11 is 0. The van der Waals surface area contributed by atoms with Crippen LogP contribution in [0.25, 0.3) is 0 Å². The van der Waals surface area contributed by atoms with Gasteiger partial charge in [-0.3, -0.25) is 4.79 Å². The summed E-state index contributed by atoms with van der Waals surface area (Å²) in [4.78, 5) is 14.7. The van der Waals surface area contributed by atoms with E-state index in [-0.39, 0.29) is 19.0 Å². The number of amides is 1. The van der Waals surface area contributed by atoms with Crippen molar-refractivity contribution < 1.29 is 27.4 Å². The van der Waals surface area contributed by atoms with E-state index in [9.17, 15) is 13.2 Å². The molecule has 29 heavy (non-hydrogen) atoms. The Morgan fingerprint density at radius 2 is 1.41 bits per heavy atom. The second-order valence-corrected chi connectivity index (χ2v) is 8.72. The monoisotopic (exact) mass is 429 g/mol. The van der Waals surface area contributed by atoms with E-state index >= 15 is 0 Å². The van der Waals surface area contributed by atoms with Crippen LogP contribution in [-0.2, 0) is 10.2 Å². The Hall–Kier alpha value is -2.04. The predicted octanol–water partition coefficient (Wildman–Crippen LogP) is 1.45. The van der Waals surface area contributed by atoms with Crippen molar-refractivity contribution in [2.75, 3.05) is 60.1 Å². The Labute approximate surface area is 173 Å². The van der Waals surface area contributed by atoms with Gasteiger partial charge in [0.2, 0.25) is 5.75 Å². The molecule has 1 amide bonds. The minimum Gasteiger partial charge on any atom is -0.490 e. The molecule has 1 aromatic rings. The summed E-state index contributed by atoms with van der Waals surface area (Å²) in [5, 5.41) is 0. The van der Waals surface area contributed by atoms with Gasteiger partial charge in [-0.05, 0) is 32.9 Å². The molecule has 9 nitrogen and oxygen atoms in total. The summed E-state index contributed by atoms with van der Waals surface area (Å²) < 4.78 is 44.1. The van der Waals surface area contributed by atoms with Crippen molar-refractivity contribution >= 4 is 16.1 Å². The Kier molecular flexibility index (Phi) is 8.12. The molecule has 0 spiro atoms. The van der Waals surface area contributed by atoms with Crippen molar-refractivity contribution in [3.63, 3.8) is 0 Å². The van der Waals surface area contributed by atoms with Crippen LogP contribution in [-0.4, -0.2) is 87.9 Å². The maximum absolute atomic E-state index is 13.1. The van der Waals surface area contributed by atoms with Gasteiger partial charge in [-0.25, -0.2) is 0 Å². The first kappa shape index (κ1) is 23.2. The normalized spacial score (nSPS) is 15.4. The number of hydrogen-bond acceptors (Lipinski definition) is 6. The van der Waals surface area contributed by atoms with Gasteiger partial charge in [0.1, 0.15) is 0 Å². The van der Waals surface area contributed by atoms with E-state index in [2.05, 4.69) is 0 Å². The molecule has 0 aromatic heterocycles. The van der Waals surface area contributed by atoms with Crippen molar-refractivity contribution in [1.82, 2.24) is 13.5 Å². The van der Waals surface area contributed by atoms with E-state index < -0.39 is 10.2 Å². The van der Waals surface area contributed by atoms with E-state index in [4.69, 9.17) is 14.2 Å². The summed E-state index contributed by atoms with van der Waals surface area (Å²) in [6.07, 6.45) is 0. The number of rotatable bonds is 9. The fraction of sp³-hybridized carbons (Fsp3) is 0.632. The first-order valence-corrected chi connectivity index (χ1v) is 11.2. The Morgan fingerprint density at radius 3 is 1.83 bits per heavy atom. The van der Waals surface area contributed by atoms with Crippen LogP contribution in [0.2, 0.25) is 0 Å². The molecule has 0 N–H and O–H groups in total. The third-order valence-corrected chi connectivity index (χ3v) is 6.41. The average molecular weight is 430 g/mol. The summed E-state index contributed by atoms with van der Waals surface area (Å²) in [5.41, 5.74) is 0.421. The zero-order chi connectivity index (χ0) is 21.6. The molecule has 164 valence electrons. The molecule has 1 aliphatic heterocycles. The predicted molar refractivity (Wildman–Crippen MR) is 110 cm³/mol. The molecule has 0 aliphatic carbocycles. The summed E-state index contributed by atoms with van der Waals surface area (Å²) in [7, 11) is -0.487. The Bertz CT molecular complexity index is 777. The van der Waals surface area contributed by atoms with Gasteiger partial charge in [0.25, 0.3) is 16.1 Å². The van der Waals surface area contributed by atoms with Gasteiger partial charge in [0.15, 0.2) is 11.5 Å². The van der Waals surface area contributed by atoms with Crippen LogP contribution in [0.3, 0.4) is 0 Å². The maximum atomic E-state index is 13.1. The highest BCUT2D eigenvalue weighted by molar-refractivity contribution is 7.86. The molecule has 10 heteroatoms. The SMILES string of the molecule is CCOc1cc(C(=O)N2CCN(S(=O)(=O)N(C)C)CC2)cc(OCC)c1OCC. The highest BCUT2D eigenvalue weighted by atomic mass is 32.2. The molecule has 2 rings (SSSR count). The van der Waals surface area contributed by atoms with Crippen molar-refractivity contribution in [3.05, 3.63) is 17.7 Å². The first-order chi connectivity index (χ1) is 13.8. The van der Waals surface area contributed by atoms with E-state index in [1.54, 1.807) is 17.0 Å². The molecular formula is C19H31N3O6S. The van der Waals surface area contributed by atoms with Crippen molar-refractivity contribution in [2.45, 2.75) is 20.8 Å². The molecule has 1 aromatic carbocycles. The summed E-state index contributed by atoms with van der Waals surface area (Å²) in [6.45, 7) is 7.99. The van der Waals surface area contributed by atoms with Crippen LogP contribution >= 0.6 is 0 Å². The van der Waals surface area contributed by atoms with E-state index in [0.717, 1.165) is 0 Å². The second kappa shape index (κ2) is 10.1. The third-order valence-electron chi connectivity index (χ3n) is 4.47. The Morgan fingerprint density at radius 1 is 0.931 bits per heavy atom. The number of piperazine rings is 1. The molecule has 0 bridgehead atoms. The number of benzene rings is 1. The van der Waals surface area contributed by atoms with Crippen LogP contribution in [0.4, 0.5) is 0 Å². The molecule has 1 fully saturated rings. The van der Waals surface area contributed by atoms with E-state index in [1.165, 1.54) is 22.7 Å². The number of hydrogen-bond donors (Lipinski definition) is 0. The summed E-state index contributed by atoms with van der Waals surface area (Å²) in [6, 6.07) is 3.31. The van der Waals surface area contributed by atoms with Crippen LogP contribution < -0.4 is 14.2 Å². The highest BCUT2D eigenvalue weighted by Crippen LogP contribution is 2.39. The van der Waals surface area contributed by atoms with Gasteiger partial charge in [-0.1, -0.05) is 0 Å². The van der Waals surface area contributed by atoms with Gasteiger partial charge in [-0.15, -0.1) is 0 Å². The lowest BCUT2D eigenvalue weighted by Crippen LogP contribution is -2.53. The van der Waals surface area contributed by atoms with Gasteiger partial charge >= 0.3 is 0 Å². The minimum atomic E-state index is -3.48. The second-order valence-electron chi connectivity index (χ2n) is 6.58. The largest absolute Gasteiger partial charge is 0.490 e. The first-order valence-electron chi connectivity index (χ1n) is 9.79. The Balaban J connectivity index is 2.24. The molecule has 0 atom stereocenters. The van der Waals surface area contributed by atoms with Crippen LogP contribution in [0, 0.1) is 0 Å². The van der Waals surface area contributed by atoms with Crippen molar-refractivity contribution in [1.29, 1.82) is 0 Å². The smallest absolute Gasteiger partial charge is 0.281 e. The lowest BCUT2D eigenvalue weighted by Gasteiger charge is -2.35. The maximum Gasteiger partial charge on any atom is 0.281 e. The number of carbonyl (C=O) groups excluding carboxylic acids is 1. The van der Waals surface area contributed by atoms with Gasteiger partial charge < -0.3 is 19.1 Å². The lowest BCUT2D eigenvalue weighted by atomic mass is 10.1. The number of ether oxygens (including phenoxy) is 3. The molecule has 0 saturated carbocycles. The fourth-order valence-corrected chi connectivity index (χ4v) is 4.13. The van der Waals surface area contributed by atoms with Crippen molar-refractivity contribution in [3.8, 4) is 17.2 Å². The molecule has 1 heterocycles. The van der Waals surface area contributed by atoms with Crippen molar-refractivity contribution in [2.24, 2.45) is 0 Å². The standard InChI is InChI=1S/C19H31N3O6S/c1-6-26-16-13-15(14-17(27-7-2)18(16)28-8-3)19(23)21-9-11-22(12-10-21)29(24,25)20(4)5/h13-14H,6-12H2,1-5H3. The molecule has 1 saturated heterocycles.